The van der Waals surface area contributed by atoms with Crippen LogP contribution in [0.25, 0.3) is 0 Å². The summed E-state index contributed by atoms with van der Waals surface area (Å²) >= 11 is 0. The van der Waals surface area contributed by atoms with Crippen molar-refractivity contribution in [2.45, 2.75) is 46.3 Å². The normalized spacial score (nSPS) is 16.5. The van der Waals surface area contributed by atoms with Crippen molar-refractivity contribution in [3.63, 3.8) is 0 Å². The number of nitrogens with one attached hydrogen (secondary N) is 1. The lowest BCUT2D eigenvalue weighted by atomic mass is 9.76. The Morgan fingerprint density at radius 2 is 1.71 bits per heavy atom. The fraction of sp³-hybridized carbons (Fsp3) is 0.833. The molecule has 0 saturated heterocycles. The van der Waals surface area contributed by atoms with E-state index in [9.17, 15) is 14.7 Å². The summed E-state index contributed by atoms with van der Waals surface area (Å²) in [7, 11) is 1.24. The molecule has 17 heavy (non-hydrogen) atoms. The lowest BCUT2D eigenvalue weighted by Crippen LogP contribution is -2.66. The van der Waals surface area contributed by atoms with Gasteiger partial charge in [-0.1, -0.05) is 27.7 Å². The first kappa shape index (κ1) is 15.9. The van der Waals surface area contributed by atoms with Crippen LogP contribution in [0.4, 0.5) is 0 Å². The molecule has 1 amide bonds. The Morgan fingerprint density at radius 1 is 1.24 bits per heavy atom. The highest BCUT2D eigenvalue weighted by Crippen LogP contribution is 2.27. The standard InChI is InChI=1S/C12H23NO4/c1-7(2)10(15)12(8(3)4,11(16)17-6)13-9(5)14/h7-8,10,15H,1-6H3,(H,13,14)/t10-,12-/m0/s1. The van der Waals surface area contributed by atoms with Gasteiger partial charge in [0.15, 0.2) is 5.54 Å². The molecule has 0 aromatic rings. The number of carbonyl (C=O) groups excluding carboxylic acids is 2. The van der Waals surface area contributed by atoms with Crippen LogP contribution in [-0.4, -0.2) is 35.7 Å². The molecule has 0 unspecified atom stereocenters. The molecule has 0 bridgehead atoms. The molecule has 5 nitrogen and oxygen atoms in total. The molecule has 0 aromatic carbocycles. The van der Waals surface area contributed by atoms with E-state index < -0.39 is 17.6 Å². The van der Waals surface area contributed by atoms with Gasteiger partial charge in [0.05, 0.1) is 13.2 Å². The van der Waals surface area contributed by atoms with Crippen LogP contribution in [0.15, 0.2) is 0 Å². The van der Waals surface area contributed by atoms with Gasteiger partial charge in [0.1, 0.15) is 0 Å². The number of methoxy groups -OCH3 is 1. The molecule has 0 aromatic heterocycles. The van der Waals surface area contributed by atoms with Crippen LogP contribution in [0.2, 0.25) is 0 Å². The summed E-state index contributed by atoms with van der Waals surface area (Å²) in [4.78, 5) is 23.2. The summed E-state index contributed by atoms with van der Waals surface area (Å²) in [5, 5.41) is 12.8. The zero-order valence-corrected chi connectivity index (χ0v) is 11.4. The van der Waals surface area contributed by atoms with Gasteiger partial charge in [0.2, 0.25) is 5.91 Å². The molecule has 0 radical (unpaired) electrons. The maximum atomic E-state index is 12.0. The molecule has 0 spiro atoms. The first-order valence-corrected chi connectivity index (χ1v) is 5.75. The van der Waals surface area contributed by atoms with Crippen molar-refractivity contribution in [3.8, 4) is 0 Å². The van der Waals surface area contributed by atoms with E-state index in [0.29, 0.717) is 0 Å². The van der Waals surface area contributed by atoms with E-state index in [-0.39, 0.29) is 17.7 Å². The van der Waals surface area contributed by atoms with E-state index in [4.69, 9.17) is 4.74 Å². The van der Waals surface area contributed by atoms with Gasteiger partial charge in [-0.3, -0.25) is 4.79 Å². The van der Waals surface area contributed by atoms with E-state index in [2.05, 4.69) is 5.32 Å². The predicted octanol–water partition coefficient (Wildman–Crippen LogP) is 0.707. The highest BCUT2D eigenvalue weighted by Gasteiger charge is 2.50. The molecule has 0 fully saturated rings. The number of esters is 1. The van der Waals surface area contributed by atoms with Crippen molar-refractivity contribution < 1.29 is 19.4 Å². The average Bonchev–Trinajstić information content (AvgIpc) is 2.22. The number of hydrogen-bond donors (Lipinski definition) is 2. The molecule has 2 N–H and O–H groups in total. The number of ether oxygens (including phenoxy) is 1. The van der Waals surface area contributed by atoms with E-state index in [1.165, 1.54) is 14.0 Å². The van der Waals surface area contributed by atoms with Crippen LogP contribution in [-0.2, 0) is 14.3 Å². The first-order valence-electron chi connectivity index (χ1n) is 5.75. The fourth-order valence-corrected chi connectivity index (χ4v) is 1.95. The van der Waals surface area contributed by atoms with Crippen LogP contribution in [0.3, 0.4) is 0 Å². The highest BCUT2D eigenvalue weighted by atomic mass is 16.5. The Bertz CT molecular complexity index is 288. The van der Waals surface area contributed by atoms with Crippen LogP contribution < -0.4 is 5.32 Å². The van der Waals surface area contributed by atoms with Gasteiger partial charge < -0.3 is 15.2 Å². The van der Waals surface area contributed by atoms with Gasteiger partial charge in [-0.05, 0) is 11.8 Å². The smallest absolute Gasteiger partial charge is 0.334 e. The third kappa shape index (κ3) is 3.19. The molecular formula is C12H23NO4. The topological polar surface area (TPSA) is 75.6 Å². The summed E-state index contributed by atoms with van der Waals surface area (Å²) < 4.78 is 4.74. The minimum Gasteiger partial charge on any atom is -0.467 e. The Balaban J connectivity index is 5.55. The number of aliphatic hydroxyl groups excluding tert-OH is 1. The van der Waals surface area contributed by atoms with Gasteiger partial charge in [-0.15, -0.1) is 0 Å². The van der Waals surface area contributed by atoms with Crippen molar-refractivity contribution in [1.82, 2.24) is 5.32 Å². The Labute approximate surface area is 103 Å². The summed E-state index contributed by atoms with van der Waals surface area (Å²) in [6.45, 7) is 8.41. The van der Waals surface area contributed by atoms with Gasteiger partial charge in [0.25, 0.3) is 0 Å². The molecule has 0 aliphatic carbocycles. The van der Waals surface area contributed by atoms with Crippen molar-refractivity contribution in [3.05, 3.63) is 0 Å². The molecule has 0 heterocycles. The highest BCUT2D eigenvalue weighted by molar-refractivity contribution is 5.88. The average molecular weight is 245 g/mol. The van der Waals surface area contributed by atoms with Crippen LogP contribution in [0.5, 0.6) is 0 Å². The lowest BCUT2D eigenvalue weighted by Gasteiger charge is -2.40. The molecule has 100 valence electrons. The van der Waals surface area contributed by atoms with Gasteiger partial charge >= 0.3 is 5.97 Å². The molecule has 0 saturated carbocycles. The molecule has 5 heteroatoms. The third-order valence-electron chi connectivity index (χ3n) is 2.91. The second-order valence-corrected chi connectivity index (χ2v) is 4.89. The zero-order chi connectivity index (χ0) is 13.8. The fourth-order valence-electron chi connectivity index (χ4n) is 1.95. The molecular weight excluding hydrogens is 222 g/mol. The monoisotopic (exact) mass is 245 g/mol. The van der Waals surface area contributed by atoms with E-state index in [1.807, 2.05) is 0 Å². The van der Waals surface area contributed by atoms with E-state index in [0.717, 1.165) is 0 Å². The van der Waals surface area contributed by atoms with Gasteiger partial charge in [0, 0.05) is 6.92 Å². The van der Waals surface area contributed by atoms with Crippen molar-refractivity contribution in [1.29, 1.82) is 0 Å². The maximum absolute atomic E-state index is 12.0. The summed E-state index contributed by atoms with van der Waals surface area (Å²) in [6, 6.07) is 0. The van der Waals surface area contributed by atoms with Gasteiger partial charge in [-0.25, -0.2) is 4.79 Å². The summed E-state index contributed by atoms with van der Waals surface area (Å²) in [5.74, 6) is -1.45. The predicted molar refractivity (Wildman–Crippen MR) is 64.2 cm³/mol. The summed E-state index contributed by atoms with van der Waals surface area (Å²) in [5.41, 5.74) is -1.39. The van der Waals surface area contributed by atoms with Gasteiger partial charge in [-0.2, -0.15) is 0 Å². The Kier molecular flexibility index (Phi) is 5.61. The second kappa shape index (κ2) is 6.00. The zero-order valence-electron chi connectivity index (χ0n) is 11.4. The van der Waals surface area contributed by atoms with Crippen molar-refractivity contribution in [2.75, 3.05) is 7.11 Å². The van der Waals surface area contributed by atoms with Crippen molar-refractivity contribution in [2.24, 2.45) is 11.8 Å². The van der Waals surface area contributed by atoms with E-state index >= 15 is 0 Å². The first-order chi connectivity index (χ1) is 7.70. The van der Waals surface area contributed by atoms with Crippen LogP contribution >= 0.6 is 0 Å². The minimum atomic E-state index is -1.39. The Hall–Kier alpha value is -1.10. The SMILES string of the molecule is COC(=O)[C@](NC(C)=O)(C(C)C)[C@@H](O)C(C)C. The lowest BCUT2D eigenvalue weighted by molar-refractivity contribution is -0.162. The number of aliphatic hydroxyl groups is 1. The maximum Gasteiger partial charge on any atom is 0.334 e. The van der Waals surface area contributed by atoms with E-state index in [1.54, 1.807) is 27.7 Å². The number of amides is 1. The number of hydrogen-bond acceptors (Lipinski definition) is 4. The van der Waals surface area contributed by atoms with Crippen LogP contribution in [0.1, 0.15) is 34.6 Å². The molecule has 0 aliphatic rings. The summed E-state index contributed by atoms with van der Waals surface area (Å²) in [6.07, 6.45) is -1.00. The molecule has 2 atom stereocenters. The largest absolute Gasteiger partial charge is 0.467 e. The molecule has 0 rings (SSSR count). The quantitative estimate of drug-likeness (QED) is 0.699. The van der Waals surface area contributed by atoms with Crippen molar-refractivity contribution >= 4 is 11.9 Å². The minimum absolute atomic E-state index is 0.177. The van der Waals surface area contributed by atoms with Crippen LogP contribution in [0, 0.1) is 11.8 Å². The Morgan fingerprint density at radius 3 is 1.94 bits per heavy atom. The third-order valence-corrected chi connectivity index (χ3v) is 2.91. The number of carbonyl (C=O) groups is 2. The molecule has 0 aliphatic heterocycles. The number of rotatable bonds is 5. The second-order valence-electron chi connectivity index (χ2n) is 4.89.